The van der Waals surface area contributed by atoms with Gasteiger partial charge in [-0.15, -0.1) is 0 Å². The maximum atomic E-state index is 11.9. The summed E-state index contributed by atoms with van der Waals surface area (Å²) in [5.41, 5.74) is -0.329. The van der Waals surface area contributed by atoms with Gasteiger partial charge in [-0.05, 0) is 19.8 Å². The Balaban J connectivity index is 2.15. The first-order valence-electron chi connectivity index (χ1n) is 5.89. The summed E-state index contributed by atoms with van der Waals surface area (Å²) >= 11 is 0. The van der Waals surface area contributed by atoms with Crippen LogP contribution in [0.15, 0.2) is 18.6 Å². The van der Waals surface area contributed by atoms with Crippen LogP contribution in [0.25, 0.3) is 0 Å². The summed E-state index contributed by atoms with van der Waals surface area (Å²) in [5, 5.41) is 2.75. The number of hydrogen-bond donors (Lipinski definition) is 1. The highest BCUT2D eigenvalue weighted by Gasteiger charge is 2.37. The molecule has 1 aromatic heterocycles. The average molecular weight is 234 g/mol. The van der Waals surface area contributed by atoms with Gasteiger partial charge in [0.15, 0.2) is 0 Å². The molecule has 1 atom stereocenters. The molecule has 0 saturated carbocycles. The first-order valence-corrected chi connectivity index (χ1v) is 5.89. The molecule has 1 amide bonds. The summed E-state index contributed by atoms with van der Waals surface area (Å²) in [6.45, 7) is 3.64. The Hall–Kier alpha value is -1.65. The van der Waals surface area contributed by atoms with Crippen LogP contribution in [-0.4, -0.2) is 36.0 Å². The number of nitrogens with zero attached hydrogens (tertiary/aromatic N) is 3. The van der Waals surface area contributed by atoms with Gasteiger partial charge in [0.1, 0.15) is 5.82 Å². The first-order chi connectivity index (χ1) is 8.15. The molecule has 1 aromatic rings. The van der Waals surface area contributed by atoms with Gasteiger partial charge in [-0.2, -0.15) is 0 Å². The highest BCUT2D eigenvalue weighted by atomic mass is 16.2. The number of carbonyl (C=O) groups excluding carboxylic acids is 1. The Morgan fingerprint density at radius 3 is 3.00 bits per heavy atom. The largest absolute Gasteiger partial charge is 0.359 e. The summed E-state index contributed by atoms with van der Waals surface area (Å²) in [6.07, 6.45) is 7.01. The lowest BCUT2D eigenvalue weighted by Crippen LogP contribution is -2.49. The molecule has 0 radical (unpaired) electrons. The Morgan fingerprint density at radius 1 is 1.53 bits per heavy atom. The third kappa shape index (κ3) is 2.38. The van der Waals surface area contributed by atoms with E-state index in [0.29, 0.717) is 6.54 Å². The normalized spacial score (nSPS) is 24.5. The van der Waals surface area contributed by atoms with Crippen LogP contribution in [0.3, 0.4) is 0 Å². The van der Waals surface area contributed by atoms with Crippen molar-refractivity contribution in [1.29, 1.82) is 0 Å². The van der Waals surface area contributed by atoms with Gasteiger partial charge in [0.05, 0.1) is 11.6 Å². The Morgan fingerprint density at radius 2 is 2.35 bits per heavy atom. The third-order valence-corrected chi connectivity index (χ3v) is 3.35. The van der Waals surface area contributed by atoms with Gasteiger partial charge in [-0.3, -0.25) is 9.78 Å². The minimum atomic E-state index is -0.329. The van der Waals surface area contributed by atoms with Crippen molar-refractivity contribution in [3.05, 3.63) is 18.6 Å². The van der Waals surface area contributed by atoms with E-state index in [9.17, 15) is 4.79 Å². The van der Waals surface area contributed by atoms with E-state index in [0.717, 1.165) is 25.2 Å². The van der Waals surface area contributed by atoms with Crippen LogP contribution in [0.5, 0.6) is 0 Å². The molecule has 1 aliphatic heterocycles. The predicted octanol–water partition coefficient (Wildman–Crippen LogP) is 0.829. The number of rotatable bonds is 2. The molecule has 5 nitrogen and oxygen atoms in total. The van der Waals surface area contributed by atoms with Gasteiger partial charge in [-0.1, -0.05) is 0 Å². The minimum Gasteiger partial charge on any atom is -0.359 e. The molecule has 2 heterocycles. The number of aromatic nitrogens is 2. The van der Waals surface area contributed by atoms with Crippen molar-refractivity contribution in [3.8, 4) is 0 Å². The zero-order valence-corrected chi connectivity index (χ0v) is 10.3. The Bertz CT molecular complexity index is 395. The van der Waals surface area contributed by atoms with E-state index < -0.39 is 0 Å². The summed E-state index contributed by atoms with van der Waals surface area (Å²) in [7, 11) is 1.69. The monoisotopic (exact) mass is 234 g/mol. The maximum Gasteiger partial charge on any atom is 0.227 e. The number of hydrogen-bond acceptors (Lipinski definition) is 4. The Labute approximate surface area is 101 Å². The van der Waals surface area contributed by atoms with Gasteiger partial charge in [0.25, 0.3) is 0 Å². The molecular weight excluding hydrogens is 216 g/mol. The van der Waals surface area contributed by atoms with Crippen LogP contribution in [0.2, 0.25) is 0 Å². The lowest BCUT2D eigenvalue weighted by atomic mass is 9.81. The first kappa shape index (κ1) is 11.8. The summed E-state index contributed by atoms with van der Waals surface area (Å²) in [6, 6.07) is 0. The van der Waals surface area contributed by atoms with Crippen molar-refractivity contribution in [1.82, 2.24) is 15.3 Å². The molecule has 0 aromatic carbocycles. The standard InChI is InChI=1S/C12H18N4O/c1-12(11(17)13-2)4-3-7-16(9-12)10-8-14-5-6-15-10/h5-6,8H,3-4,7,9H2,1-2H3,(H,13,17)/t12-/m0/s1. The molecule has 0 unspecified atom stereocenters. The molecule has 2 rings (SSSR count). The molecule has 0 spiro atoms. The predicted molar refractivity (Wildman–Crippen MR) is 65.7 cm³/mol. The van der Waals surface area contributed by atoms with Crippen LogP contribution in [-0.2, 0) is 4.79 Å². The molecule has 17 heavy (non-hydrogen) atoms. The number of nitrogens with one attached hydrogen (secondary N) is 1. The highest BCUT2D eigenvalue weighted by molar-refractivity contribution is 5.82. The fourth-order valence-corrected chi connectivity index (χ4v) is 2.38. The second-order valence-corrected chi connectivity index (χ2v) is 4.73. The van der Waals surface area contributed by atoms with Crippen molar-refractivity contribution in [3.63, 3.8) is 0 Å². The van der Waals surface area contributed by atoms with Crippen LogP contribution >= 0.6 is 0 Å². The summed E-state index contributed by atoms with van der Waals surface area (Å²) in [4.78, 5) is 22.4. The second-order valence-electron chi connectivity index (χ2n) is 4.73. The van der Waals surface area contributed by atoms with E-state index >= 15 is 0 Å². The van der Waals surface area contributed by atoms with E-state index in [1.165, 1.54) is 0 Å². The quantitative estimate of drug-likeness (QED) is 0.823. The van der Waals surface area contributed by atoms with Crippen molar-refractivity contribution in [2.24, 2.45) is 5.41 Å². The lowest BCUT2D eigenvalue weighted by molar-refractivity contribution is -0.130. The third-order valence-electron chi connectivity index (χ3n) is 3.35. The molecule has 0 bridgehead atoms. The fraction of sp³-hybridized carbons (Fsp3) is 0.583. The Kier molecular flexibility index (Phi) is 3.26. The lowest BCUT2D eigenvalue weighted by Gasteiger charge is -2.39. The van der Waals surface area contributed by atoms with Gasteiger partial charge >= 0.3 is 0 Å². The van der Waals surface area contributed by atoms with Gasteiger partial charge in [-0.25, -0.2) is 4.98 Å². The molecule has 92 valence electrons. The smallest absolute Gasteiger partial charge is 0.227 e. The van der Waals surface area contributed by atoms with Gasteiger partial charge in [0, 0.05) is 32.5 Å². The molecular formula is C12H18N4O. The molecule has 0 aliphatic carbocycles. The number of piperidine rings is 1. The van der Waals surface area contributed by atoms with E-state index in [1.807, 2.05) is 6.92 Å². The molecule has 1 fully saturated rings. The SMILES string of the molecule is CNC(=O)[C@@]1(C)CCCN(c2cnccn2)C1. The van der Waals surface area contributed by atoms with Crippen molar-refractivity contribution in [2.75, 3.05) is 25.0 Å². The maximum absolute atomic E-state index is 11.9. The zero-order chi connectivity index (χ0) is 12.3. The number of anilines is 1. The van der Waals surface area contributed by atoms with E-state index in [1.54, 1.807) is 25.6 Å². The van der Waals surface area contributed by atoms with Gasteiger partial charge in [0.2, 0.25) is 5.91 Å². The topological polar surface area (TPSA) is 58.1 Å². The van der Waals surface area contributed by atoms with E-state index in [4.69, 9.17) is 0 Å². The van der Waals surface area contributed by atoms with Gasteiger partial charge < -0.3 is 10.2 Å². The van der Waals surface area contributed by atoms with Crippen molar-refractivity contribution >= 4 is 11.7 Å². The van der Waals surface area contributed by atoms with Crippen molar-refractivity contribution < 1.29 is 4.79 Å². The van der Waals surface area contributed by atoms with Crippen LogP contribution < -0.4 is 10.2 Å². The summed E-state index contributed by atoms with van der Waals surface area (Å²) < 4.78 is 0. The average Bonchev–Trinajstić information content (AvgIpc) is 2.39. The minimum absolute atomic E-state index is 0.103. The van der Waals surface area contributed by atoms with E-state index in [-0.39, 0.29) is 11.3 Å². The number of carbonyl (C=O) groups is 1. The number of amides is 1. The van der Waals surface area contributed by atoms with Crippen LogP contribution in [0.4, 0.5) is 5.82 Å². The molecule has 1 saturated heterocycles. The highest BCUT2D eigenvalue weighted by Crippen LogP contribution is 2.31. The second kappa shape index (κ2) is 4.69. The van der Waals surface area contributed by atoms with E-state index in [2.05, 4.69) is 20.2 Å². The van der Waals surface area contributed by atoms with Crippen LogP contribution in [0, 0.1) is 5.41 Å². The molecule has 1 aliphatic rings. The fourth-order valence-electron chi connectivity index (χ4n) is 2.38. The summed E-state index contributed by atoms with van der Waals surface area (Å²) in [5.74, 6) is 0.952. The van der Waals surface area contributed by atoms with Crippen LogP contribution in [0.1, 0.15) is 19.8 Å². The molecule has 5 heteroatoms. The zero-order valence-electron chi connectivity index (χ0n) is 10.3. The van der Waals surface area contributed by atoms with Crippen molar-refractivity contribution in [2.45, 2.75) is 19.8 Å². The molecule has 1 N–H and O–H groups in total.